The Morgan fingerprint density at radius 3 is 1.12 bits per heavy atom. The number of aliphatic hydroxyl groups is 2. The summed E-state index contributed by atoms with van der Waals surface area (Å²) < 4.78 is 0.811. The molecule has 0 rings (SSSR count). The van der Waals surface area contributed by atoms with E-state index in [1.807, 2.05) is 0 Å². The van der Waals surface area contributed by atoms with Gasteiger partial charge in [-0.15, -0.1) is 0 Å². The van der Waals surface area contributed by atoms with Gasteiger partial charge < -0.3 is 27.1 Å². The maximum Gasteiger partial charge on any atom is 0.102 e. The van der Waals surface area contributed by atoms with Crippen molar-refractivity contribution in [1.29, 1.82) is 0 Å². The molecule has 0 amide bonds. The maximum absolute atomic E-state index is 9.16. The molecule has 0 heterocycles. The third-order valence-corrected chi connectivity index (χ3v) is 5.58. The molecule has 0 aliphatic heterocycles. The van der Waals surface area contributed by atoms with Crippen molar-refractivity contribution in [2.75, 3.05) is 39.9 Å². The van der Waals surface area contributed by atoms with Crippen molar-refractivity contribution in [3.8, 4) is 0 Å². The van der Waals surface area contributed by atoms with Gasteiger partial charge in [0.25, 0.3) is 0 Å². The van der Waals surface area contributed by atoms with E-state index < -0.39 is 0 Å². The second kappa shape index (κ2) is 21.5. The second-order valence-electron chi connectivity index (χ2n) is 8.19. The molecular formula is C22H48ClNO2. The van der Waals surface area contributed by atoms with Crippen molar-refractivity contribution in [1.82, 2.24) is 0 Å². The van der Waals surface area contributed by atoms with Crippen molar-refractivity contribution >= 4 is 0 Å². The Kier molecular flexibility index (Phi) is 23.4. The van der Waals surface area contributed by atoms with Crippen LogP contribution in [0.15, 0.2) is 0 Å². The van der Waals surface area contributed by atoms with Crippen LogP contribution in [-0.2, 0) is 0 Å². The largest absolute Gasteiger partial charge is 1.00 e. The van der Waals surface area contributed by atoms with E-state index in [0.717, 1.165) is 24.1 Å². The van der Waals surface area contributed by atoms with Gasteiger partial charge in [-0.3, -0.25) is 0 Å². The zero-order chi connectivity index (χ0) is 18.6. The van der Waals surface area contributed by atoms with Gasteiger partial charge in [-0.2, -0.15) is 0 Å². The molecule has 0 saturated heterocycles. The molecule has 4 heteroatoms. The Bertz CT molecular complexity index is 259. The Labute approximate surface area is 170 Å². The normalized spacial score (nSPS) is 11.5. The summed E-state index contributed by atoms with van der Waals surface area (Å²) in [4.78, 5) is 0. The van der Waals surface area contributed by atoms with E-state index >= 15 is 0 Å². The number of hydrogen-bond donors (Lipinski definition) is 2. The van der Waals surface area contributed by atoms with Crippen LogP contribution >= 0.6 is 0 Å². The summed E-state index contributed by atoms with van der Waals surface area (Å²) in [5.41, 5.74) is 0. The number of hydrogen-bond acceptors (Lipinski definition) is 2. The standard InChI is InChI=1S/C22H48NO2.ClH/c1-3-4-5-6-7-8-9-10-11-12-13-14-15-16-17-18-23(2,19-21-24)20-22-25;/h24-25H,3-22H2,1-2H3;1H/q+1;/p-1. The molecule has 0 unspecified atom stereocenters. The fourth-order valence-corrected chi connectivity index (χ4v) is 3.68. The molecule has 0 fully saturated rings. The van der Waals surface area contributed by atoms with Gasteiger partial charge in [0.1, 0.15) is 13.1 Å². The van der Waals surface area contributed by atoms with Crippen LogP contribution in [0.2, 0.25) is 0 Å². The summed E-state index contributed by atoms with van der Waals surface area (Å²) >= 11 is 0. The van der Waals surface area contributed by atoms with Crippen LogP contribution in [0, 0.1) is 0 Å². The van der Waals surface area contributed by atoms with E-state index in [4.69, 9.17) is 10.2 Å². The maximum atomic E-state index is 9.16. The molecule has 3 nitrogen and oxygen atoms in total. The van der Waals surface area contributed by atoms with Crippen LogP contribution in [0.1, 0.15) is 103 Å². The minimum Gasteiger partial charge on any atom is -1.00 e. The van der Waals surface area contributed by atoms with Gasteiger partial charge in [0.2, 0.25) is 0 Å². The van der Waals surface area contributed by atoms with Crippen LogP contribution in [0.25, 0.3) is 0 Å². The Hall–Kier alpha value is 0.170. The first-order valence-corrected chi connectivity index (χ1v) is 11.2. The molecule has 0 bridgehead atoms. The van der Waals surface area contributed by atoms with Crippen molar-refractivity contribution < 1.29 is 27.1 Å². The first kappa shape index (κ1) is 28.4. The van der Waals surface area contributed by atoms with E-state index in [1.54, 1.807) is 0 Å². The zero-order valence-electron chi connectivity index (χ0n) is 17.9. The molecule has 0 aliphatic carbocycles. The van der Waals surface area contributed by atoms with E-state index in [9.17, 15) is 0 Å². The number of unbranched alkanes of at least 4 members (excludes halogenated alkanes) is 14. The lowest BCUT2D eigenvalue weighted by molar-refractivity contribution is -0.910. The molecule has 0 aromatic heterocycles. The van der Waals surface area contributed by atoms with Crippen molar-refractivity contribution in [2.24, 2.45) is 0 Å². The Balaban J connectivity index is 0. The second-order valence-corrected chi connectivity index (χ2v) is 8.19. The molecule has 0 aromatic rings. The minimum absolute atomic E-state index is 0. The number of nitrogens with zero attached hydrogens (tertiary/aromatic N) is 1. The van der Waals surface area contributed by atoms with Gasteiger partial charge in [-0.25, -0.2) is 0 Å². The number of rotatable bonds is 20. The van der Waals surface area contributed by atoms with E-state index in [-0.39, 0.29) is 25.6 Å². The molecule has 0 atom stereocenters. The van der Waals surface area contributed by atoms with E-state index in [1.165, 1.54) is 96.3 Å². The molecule has 26 heavy (non-hydrogen) atoms. The molecule has 0 aliphatic rings. The first-order valence-electron chi connectivity index (χ1n) is 11.2. The summed E-state index contributed by atoms with van der Waals surface area (Å²) in [6.45, 7) is 5.33. The lowest BCUT2D eigenvalue weighted by Gasteiger charge is -2.33. The topological polar surface area (TPSA) is 40.5 Å². The predicted octanol–water partition coefficient (Wildman–Crippen LogP) is 2.29. The fraction of sp³-hybridized carbons (Fsp3) is 1.00. The van der Waals surface area contributed by atoms with Gasteiger partial charge in [0, 0.05) is 0 Å². The van der Waals surface area contributed by atoms with E-state index in [0.29, 0.717) is 0 Å². The molecule has 0 radical (unpaired) electrons. The van der Waals surface area contributed by atoms with Gasteiger partial charge in [-0.1, -0.05) is 90.4 Å². The lowest BCUT2D eigenvalue weighted by Crippen LogP contribution is -3.00. The van der Waals surface area contributed by atoms with Gasteiger partial charge in [0.15, 0.2) is 0 Å². The van der Waals surface area contributed by atoms with E-state index in [2.05, 4.69) is 14.0 Å². The first-order chi connectivity index (χ1) is 12.2. The number of likely N-dealkylation sites (N-methyl/N-ethyl adjacent to an activating group) is 1. The van der Waals surface area contributed by atoms with Crippen LogP contribution in [0.4, 0.5) is 0 Å². The molecule has 0 saturated carbocycles. The van der Waals surface area contributed by atoms with Crippen molar-refractivity contribution in [3.05, 3.63) is 0 Å². The Morgan fingerprint density at radius 2 is 0.808 bits per heavy atom. The molecular weight excluding hydrogens is 346 g/mol. The number of quaternary nitrogens is 1. The SMILES string of the molecule is CCCCCCCCCCCCCCCCC[N+](C)(CCO)CCO.[Cl-]. The van der Waals surface area contributed by atoms with Crippen molar-refractivity contribution in [3.63, 3.8) is 0 Å². The summed E-state index contributed by atoms with van der Waals surface area (Å²) in [5.74, 6) is 0. The summed E-state index contributed by atoms with van der Waals surface area (Å²) in [6, 6.07) is 0. The van der Waals surface area contributed by atoms with Crippen LogP contribution < -0.4 is 12.4 Å². The summed E-state index contributed by atoms with van der Waals surface area (Å²) in [5, 5.41) is 18.3. The lowest BCUT2D eigenvalue weighted by atomic mass is 10.0. The minimum atomic E-state index is 0. The summed E-state index contributed by atoms with van der Waals surface area (Å²) in [6.07, 6.45) is 20.9. The predicted molar refractivity (Wildman–Crippen MR) is 110 cm³/mol. The smallest absolute Gasteiger partial charge is 0.102 e. The monoisotopic (exact) mass is 393 g/mol. The quantitative estimate of drug-likeness (QED) is 0.246. The number of aliphatic hydroxyl groups excluding tert-OH is 2. The van der Waals surface area contributed by atoms with Crippen LogP contribution in [0.3, 0.4) is 0 Å². The third kappa shape index (κ3) is 18.9. The average molecular weight is 394 g/mol. The highest BCUT2D eigenvalue weighted by molar-refractivity contribution is 4.50. The van der Waals surface area contributed by atoms with Gasteiger partial charge in [-0.05, 0) is 12.8 Å². The highest BCUT2D eigenvalue weighted by Gasteiger charge is 2.19. The zero-order valence-corrected chi connectivity index (χ0v) is 18.6. The molecule has 160 valence electrons. The third-order valence-electron chi connectivity index (χ3n) is 5.58. The highest BCUT2D eigenvalue weighted by Crippen LogP contribution is 2.14. The van der Waals surface area contributed by atoms with Crippen LogP contribution in [0.5, 0.6) is 0 Å². The molecule has 0 aromatic carbocycles. The fourth-order valence-electron chi connectivity index (χ4n) is 3.68. The van der Waals surface area contributed by atoms with Gasteiger partial charge >= 0.3 is 0 Å². The molecule has 2 N–H and O–H groups in total. The van der Waals surface area contributed by atoms with Gasteiger partial charge in [0.05, 0.1) is 26.8 Å². The highest BCUT2D eigenvalue weighted by atomic mass is 35.5. The average Bonchev–Trinajstić information content (AvgIpc) is 2.59. The van der Waals surface area contributed by atoms with Crippen molar-refractivity contribution in [2.45, 2.75) is 103 Å². The summed E-state index contributed by atoms with van der Waals surface area (Å²) in [7, 11) is 2.15. The Morgan fingerprint density at radius 1 is 0.500 bits per heavy atom. The number of halogens is 1. The van der Waals surface area contributed by atoms with Crippen LogP contribution in [-0.4, -0.2) is 54.6 Å². The molecule has 0 spiro atoms.